The van der Waals surface area contributed by atoms with Crippen LogP contribution in [0.25, 0.3) is 0 Å². The van der Waals surface area contributed by atoms with Gasteiger partial charge >= 0.3 is 0 Å². The summed E-state index contributed by atoms with van der Waals surface area (Å²) in [6, 6.07) is 6.19. The van der Waals surface area contributed by atoms with Gasteiger partial charge in [-0.1, -0.05) is 12.1 Å². The van der Waals surface area contributed by atoms with Gasteiger partial charge in [0.1, 0.15) is 5.82 Å². The molecule has 1 amide bonds. The van der Waals surface area contributed by atoms with Crippen LogP contribution in [0, 0.1) is 5.82 Å². The fraction of sp³-hybridized carbons (Fsp3) is 0.353. The molecule has 0 aliphatic rings. The number of nitrogens with one attached hydrogen (secondary N) is 2. The fourth-order valence-corrected chi connectivity index (χ4v) is 2.02. The molecule has 2 rings (SSSR count). The van der Waals surface area contributed by atoms with Gasteiger partial charge in [-0.15, -0.1) is 0 Å². The first-order valence-corrected chi connectivity index (χ1v) is 7.78. The third-order valence-electron chi connectivity index (χ3n) is 3.35. The van der Waals surface area contributed by atoms with Gasteiger partial charge in [-0.25, -0.2) is 14.4 Å². The van der Waals surface area contributed by atoms with Crippen molar-refractivity contribution < 1.29 is 9.18 Å². The summed E-state index contributed by atoms with van der Waals surface area (Å²) in [5, 5.41) is 5.86. The number of benzene rings is 1. The van der Waals surface area contributed by atoms with Gasteiger partial charge in [-0.2, -0.15) is 0 Å². The first kappa shape index (κ1) is 17.8. The highest BCUT2D eigenvalue weighted by molar-refractivity contribution is 5.93. The summed E-state index contributed by atoms with van der Waals surface area (Å²) in [5.41, 5.74) is 1.34. The maximum atomic E-state index is 12.8. The third-order valence-corrected chi connectivity index (χ3v) is 3.35. The Morgan fingerprint density at radius 2 is 1.83 bits per heavy atom. The highest BCUT2D eigenvalue weighted by Crippen LogP contribution is 2.06. The van der Waals surface area contributed by atoms with Crippen molar-refractivity contribution in [3.63, 3.8) is 0 Å². The Morgan fingerprint density at radius 1 is 1.17 bits per heavy atom. The normalized spacial score (nSPS) is 10.7. The number of aromatic nitrogens is 2. The van der Waals surface area contributed by atoms with Crippen LogP contribution in [-0.2, 0) is 6.54 Å². The summed E-state index contributed by atoms with van der Waals surface area (Å²) in [6.07, 6.45) is 3.86. The third kappa shape index (κ3) is 5.92. The lowest BCUT2D eigenvalue weighted by Crippen LogP contribution is -2.27. The Morgan fingerprint density at radius 3 is 2.46 bits per heavy atom. The second-order valence-electron chi connectivity index (χ2n) is 5.69. The molecule has 0 saturated carbocycles. The summed E-state index contributed by atoms with van der Waals surface area (Å²) in [5.74, 6) is -0.0294. The van der Waals surface area contributed by atoms with Crippen molar-refractivity contribution in [2.75, 3.05) is 32.5 Å². The number of anilines is 1. The molecule has 0 aliphatic heterocycles. The quantitative estimate of drug-likeness (QED) is 0.723. The highest BCUT2D eigenvalue weighted by atomic mass is 19.1. The Labute approximate surface area is 141 Å². The summed E-state index contributed by atoms with van der Waals surface area (Å²) < 4.78 is 12.8. The molecule has 7 heteroatoms. The maximum absolute atomic E-state index is 12.8. The molecule has 0 bridgehead atoms. The van der Waals surface area contributed by atoms with Crippen LogP contribution in [0.15, 0.2) is 36.7 Å². The van der Waals surface area contributed by atoms with E-state index < -0.39 is 0 Å². The zero-order chi connectivity index (χ0) is 17.4. The van der Waals surface area contributed by atoms with Gasteiger partial charge in [-0.3, -0.25) is 4.79 Å². The molecule has 24 heavy (non-hydrogen) atoms. The molecule has 2 N–H and O–H groups in total. The largest absolute Gasteiger partial charge is 0.352 e. The minimum atomic E-state index is -0.268. The lowest BCUT2D eigenvalue weighted by atomic mass is 10.2. The molecule has 0 aliphatic carbocycles. The van der Waals surface area contributed by atoms with Crippen molar-refractivity contribution in [2.24, 2.45) is 0 Å². The number of carbonyl (C=O) groups excluding carboxylic acids is 1. The van der Waals surface area contributed by atoms with E-state index in [1.54, 1.807) is 12.1 Å². The van der Waals surface area contributed by atoms with E-state index in [2.05, 4.69) is 25.5 Å². The van der Waals surface area contributed by atoms with Crippen molar-refractivity contribution >= 4 is 11.9 Å². The molecular weight excluding hydrogens is 309 g/mol. The van der Waals surface area contributed by atoms with Crippen LogP contribution in [0.1, 0.15) is 22.3 Å². The smallest absolute Gasteiger partial charge is 0.254 e. The van der Waals surface area contributed by atoms with Crippen LogP contribution in [0.4, 0.5) is 10.3 Å². The maximum Gasteiger partial charge on any atom is 0.254 e. The number of carbonyl (C=O) groups is 1. The molecule has 128 valence electrons. The van der Waals surface area contributed by atoms with Gasteiger partial charge in [0, 0.05) is 25.5 Å². The monoisotopic (exact) mass is 331 g/mol. The Kier molecular flexibility index (Phi) is 6.62. The molecule has 1 aromatic carbocycles. The summed E-state index contributed by atoms with van der Waals surface area (Å²) in [4.78, 5) is 22.3. The molecular formula is C17H22FN5O. The molecule has 6 nitrogen and oxygen atoms in total. The second-order valence-corrected chi connectivity index (χ2v) is 5.69. The topological polar surface area (TPSA) is 70.2 Å². The minimum absolute atomic E-state index is 0.182. The van der Waals surface area contributed by atoms with Gasteiger partial charge in [0.15, 0.2) is 0 Å². The van der Waals surface area contributed by atoms with Crippen LogP contribution >= 0.6 is 0 Å². The number of amides is 1. The van der Waals surface area contributed by atoms with E-state index >= 15 is 0 Å². The molecule has 0 spiro atoms. The van der Waals surface area contributed by atoms with Gasteiger partial charge < -0.3 is 15.5 Å². The lowest BCUT2D eigenvalue weighted by Gasteiger charge is -2.10. The van der Waals surface area contributed by atoms with Crippen LogP contribution in [0.5, 0.6) is 0 Å². The van der Waals surface area contributed by atoms with Crippen molar-refractivity contribution in [2.45, 2.75) is 13.0 Å². The Hall–Kier alpha value is -2.54. The van der Waals surface area contributed by atoms with E-state index in [4.69, 9.17) is 0 Å². The van der Waals surface area contributed by atoms with E-state index in [0.29, 0.717) is 24.6 Å². The summed E-state index contributed by atoms with van der Waals surface area (Å²) in [6.45, 7) is 2.01. The van der Waals surface area contributed by atoms with Gasteiger partial charge in [0.2, 0.25) is 5.95 Å². The van der Waals surface area contributed by atoms with Gasteiger partial charge in [0.05, 0.1) is 5.56 Å². The zero-order valence-electron chi connectivity index (χ0n) is 13.9. The molecule has 0 atom stereocenters. The molecule has 1 heterocycles. The summed E-state index contributed by atoms with van der Waals surface area (Å²) in [7, 11) is 3.99. The summed E-state index contributed by atoms with van der Waals surface area (Å²) >= 11 is 0. The van der Waals surface area contributed by atoms with E-state index in [0.717, 1.165) is 18.5 Å². The molecule has 1 aromatic heterocycles. The predicted molar refractivity (Wildman–Crippen MR) is 91.3 cm³/mol. The lowest BCUT2D eigenvalue weighted by molar-refractivity contribution is 0.0951. The Bertz CT molecular complexity index is 643. The van der Waals surface area contributed by atoms with Crippen molar-refractivity contribution in [1.29, 1.82) is 0 Å². The molecule has 2 aromatic rings. The number of rotatable bonds is 8. The average Bonchev–Trinajstić information content (AvgIpc) is 2.58. The van der Waals surface area contributed by atoms with Crippen LogP contribution in [0.3, 0.4) is 0 Å². The van der Waals surface area contributed by atoms with Gasteiger partial charge in [0.25, 0.3) is 5.91 Å². The van der Waals surface area contributed by atoms with Crippen molar-refractivity contribution in [3.8, 4) is 0 Å². The van der Waals surface area contributed by atoms with E-state index in [-0.39, 0.29) is 11.7 Å². The predicted octanol–water partition coefficient (Wildman–Crippen LogP) is 1.91. The molecule has 0 fully saturated rings. The standard InChI is InChI=1S/C17H22FN5O/c1-23(2)9-3-8-19-16(24)14-11-21-17(22-12-14)20-10-13-4-6-15(18)7-5-13/h4-7,11-12H,3,8-10H2,1-2H3,(H,19,24)(H,20,21,22). The Balaban J connectivity index is 1.79. The fourth-order valence-electron chi connectivity index (χ4n) is 2.02. The first-order chi connectivity index (χ1) is 11.5. The number of halogens is 1. The SMILES string of the molecule is CN(C)CCCNC(=O)c1cnc(NCc2ccc(F)cc2)nc1. The first-order valence-electron chi connectivity index (χ1n) is 7.78. The van der Waals surface area contributed by atoms with Crippen molar-refractivity contribution in [3.05, 3.63) is 53.6 Å². The minimum Gasteiger partial charge on any atom is -0.352 e. The number of hydrogen-bond acceptors (Lipinski definition) is 5. The number of hydrogen-bond donors (Lipinski definition) is 2. The van der Waals surface area contributed by atoms with Crippen LogP contribution < -0.4 is 10.6 Å². The average molecular weight is 331 g/mol. The molecule has 0 unspecified atom stereocenters. The highest BCUT2D eigenvalue weighted by Gasteiger charge is 2.06. The van der Waals surface area contributed by atoms with Gasteiger partial charge in [-0.05, 0) is 44.8 Å². The van der Waals surface area contributed by atoms with Crippen LogP contribution in [0.2, 0.25) is 0 Å². The van der Waals surface area contributed by atoms with E-state index in [1.807, 2.05) is 14.1 Å². The van der Waals surface area contributed by atoms with E-state index in [9.17, 15) is 9.18 Å². The van der Waals surface area contributed by atoms with Crippen molar-refractivity contribution in [1.82, 2.24) is 20.2 Å². The molecule has 0 saturated heterocycles. The van der Waals surface area contributed by atoms with E-state index in [1.165, 1.54) is 24.5 Å². The van der Waals surface area contributed by atoms with Crippen LogP contribution in [-0.4, -0.2) is 48.0 Å². The zero-order valence-corrected chi connectivity index (χ0v) is 13.9. The second kappa shape index (κ2) is 8.93. The number of nitrogens with zero attached hydrogens (tertiary/aromatic N) is 3. The molecule has 0 radical (unpaired) electrons.